The number of fused-ring (bicyclic) bond motifs is 1. The molecule has 0 saturated carbocycles. The Morgan fingerprint density at radius 1 is 1.19 bits per heavy atom. The van der Waals surface area contributed by atoms with E-state index in [4.69, 9.17) is 4.74 Å². The van der Waals surface area contributed by atoms with Crippen LogP contribution in [-0.2, 0) is 18.0 Å². The number of aromatic nitrogens is 2. The van der Waals surface area contributed by atoms with Gasteiger partial charge in [0.05, 0.1) is 24.5 Å². The molecule has 0 radical (unpaired) electrons. The zero-order valence-corrected chi connectivity index (χ0v) is 8.56. The molecule has 0 amide bonds. The van der Waals surface area contributed by atoms with E-state index in [2.05, 4.69) is 9.97 Å². The molecule has 0 fully saturated rings. The van der Waals surface area contributed by atoms with E-state index in [0.29, 0.717) is 24.6 Å². The maximum atomic E-state index is 11.7. The Morgan fingerprint density at radius 2 is 2.00 bits per heavy atom. The van der Waals surface area contributed by atoms with Gasteiger partial charge in [-0.15, -0.1) is 0 Å². The van der Waals surface area contributed by atoms with Gasteiger partial charge in [0.25, 0.3) is 5.56 Å². The first kappa shape index (κ1) is 9.30. The van der Waals surface area contributed by atoms with Crippen LogP contribution in [0.4, 0.5) is 0 Å². The van der Waals surface area contributed by atoms with Crippen molar-refractivity contribution >= 4 is 0 Å². The number of hydrogen-bond donors (Lipinski definition) is 1. The fourth-order valence-corrected chi connectivity index (χ4v) is 1.80. The Hall–Kier alpha value is -1.94. The maximum absolute atomic E-state index is 11.7. The Morgan fingerprint density at radius 3 is 2.81 bits per heavy atom. The maximum Gasteiger partial charge on any atom is 0.257 e. The summed E-state index contributed by atoms with van der Waals surface area (Å²) >= 11 is 0. The second-order valence-corrected chi connectivity index (χ2v) is 3.70. The van der Waals surface area contributed by atoms with Gasteiger partial charge in [0.2, 0.25) is 0 Å². The number of ether oxygens (including phenoxy) is 1. The third-order valence-electron chi connectivity index (χ3n) is 2.63. The summed E-state index contributed by atoms with van der Waals surface area (Å²) in [7, 11) is 0. The van der Waals surface area contributed by atoms with E-state index in [9.17, 15) is 4.79 Å². The van der Waals surface area contributed by atoms with Gasteiger partial charge in [-0.2, -0.15) is 0 Å². The lowest BCUT2D eigenvalue weighted by Crippen LogP contribution is -2.15. The standard InChI is InChI=1S/C12H10N2O2/c15-12-9-6-16-7-10(9)13-11(14-12)8-4-2-1-3-5-8/h1-5H,6-7H2,(H,13,14,15). The topological polar surface area (TPSA) is 55.0 Å². The van der Waals surface area contributed by atoms with Crippen LogP contribution in [0, 0.1) is 0 Å². The number of H-pyrrole nitrogens is 1. The van der Waals surface area contributed by atoms with E-state index in [-0.39, 0.29) is 5.56 Å². The van der Waals surface area contributed by atoms with Crippen LogP contribution in [0.1, 0.15) is 11.3 Å². The lowest BCUT2D eigenvalue weighted by atomic mass is 10.2. The quantitative estimate of drug-likeness (QED) is 0.782. The van der Waals surface area contributed by atoms with Crippen molar-refractivity contribution in [3.8, 4) is 11.4 Å². The molecule has 1 aromatic carbocycles. The zero-order valence-electron chi connectivity index (χ0n) is 8.56. The monoisotopic (exact) mass is 214 g/mol. The summed E-state index contributed by atoms with van der Waals surface area (Å²) in [6.07, 6.45) is 0. The molecule has 0 unspecified atom stereocenters. The average molecular weight is 214 g/mol. The number of benzene rings is 1. The SMILES string of the molecule is O=c1[nH]c(-c2ccccc2)nc2c1COC2. The molecule has 0 saturated heterocycles. The zero-order chi connectivity index (χ0) is 11.0. The van der Waals surface area contributed by atoms with E-state index in [1.165, 1.54) is 0 Å². The lowest BCUT2D eigenvalue weighted by Gasteiger charge is -2.02. The summed E-state index contributed by atoms with van der Waals surface area (Å²) in [6, 6.07) is 9.59. The molecule has 1 N–H and O–H groups in total. The molecule has 2 aromatic rings. The van der Waals surface area contributed by atoms with E-state index < -0.39 is 0 Å². The predicted molar refractivity (Wildman–Crippen MR) is 58.8 cm³/mol. The van der Waals surface area contributed by atoms with Crippen molar-refractivity contribution in [2.45, 2.75) is 13.2 Å². The molecule has 1 aliphatic rings. The number of rotatable bonds is 1. The third-order valence-corrected chi connectivity index (χ3v) is 2.63. The summed E-state index contributed by atoms with van der Waals surface area (Å²) in [5.74, 6) is 0.606. The average Bonchev–Trinajstić information content (AvgIpc) is 2.79. The first-order chi connectivity index (χ1) is 7.84. The minimum Gasteiger partial charge on any atom is -0.370 e. The minimum atomic E-state index is -0.0960. The second kappa shape index (κ2) is 3.57. The fourth-order valence-electron chi connectivity index (χ4n) is 1.80. The highest BCUT2D eigenvalue weighted by atomic mass is 16.5. The lowest BCUT2D eigenvalue weighted by molar-refractivity contribution is 0.133. The largest absolute Gasteiger partial charge is 0.370 e. The van der Waals surface area contributed by atoms with Crippen LogP contribution in [0.2, 0.25) is 0 Å². The van der Waals surface area contributed by atoms with Crippen molar-refractivity contribution in [1.82, 2.24) is 9.97 Å². The van der Waals surface area contributed by atoms with E-state index in [0.717, 1.165) is 11.3 Å². The predicted octanol–water partition coefficient (Wildman–Crippen LogP) is 1.47. The molecule has 16 heavy (non-hydrogen) atoms. The van der Waals surface area contributed by atoms with Crippen molar-refractivity contribution in [2.75, 3.05) is 0 Å². The van der Waals surface area contributed by atoms with Crippen molar-refractivity contribution in [1.29, 1.82) is 0 Å². The molecule has 1 aromatic heterocycles. The van der Waals surface area contributed by atoms with Gasteiger partial charge in [0, 0.05) is 5.56 Å². The molecule has 2 heterocycles. The fraction of sp³-hybridized carbons (Fsp3) is 0.167. The van der Waals surface area contributed by atoms with Crippen LogP contribution in [0.25, 0.3) is 11.4 Å². The van der Waals surface area contributed by atoms with Crippen LogP contribution in [0.5, 0.6) is 0 Å². The van der Waals surface area contributed by atoms with Crippen LogP contribution in [-0.4, -0.2) is 9.97 Å². The highest BCUT2D eigenvalue weighted by Crippen LogP contribution is 2.18. The molecular weight excluding hydrogens is 204 g/mol. The summed E-state index contributed by atoms with van der Waals surface area (Å²) < 4.78 is 5.20. The highest BCUT2D eigenvalue weighted by molar-refractivity contribution is 5.54. The van der Waals surface area contributed by atoms with Gasteiger partial charge in [-0.3, -0.25) is 4.79 Å². The Bertz CT molecular complexity index is 575. The second-order valence-electron chi connectivity index (χ2n) is 3.70. The van der Waals surface area contributed by atoms with Gasteiger partial charge < -0.3 is 9.72 Å². The summed E-state index contributed by atoms with van der Waals surface area (Å²) in [6.45, 7) is 0.797. The van der Waals surface area contributed by atoms with E-state index in [1.54, 1.807) is 0 Å². The summed E-state index contributed by atoms with van der Waals surface area (Å²) in [5, 5.41) is 0. The first-order valence-corrected chi connectivity index (χ1v) is 5.10. The molecule has 0 spiro atoms. The molecule has 0 atom stereocenters. The number of nitrogens with one attached hydrogen (secondary N) is 1. The normalized spacial score (nSPS) is 13.8. The van der Waals surface area contributed by atoms with Crippen molar-refractivity contribution < 1.29 is 4.74 Å². The molecule has 0 aliphatic carbocycles. The molecule has 0 bridgehead atoms. The molecular formula is C12H10N2O2. The van der Waals surface area contributed by atoms with Gasteiger partial charge in [-0.05, 0) is 0 Å². The molecule has 4 nitrogen and oxygen atoms in total. The highest BCUT2D eigenvalue weighted by Gasteiger charge is 2.17. The van der Waals surface area contributed by atoms with Crippen LogP contribution in [0.15, 0.2) is 35.1 Å². The summed E-state index contributed by atoms with van der Waals surface area (Å²) in [4.78, 5) is 18.9. The van der Waals surface area contributed by atoms with Crippen molar-refractivity contribution in [3.05, 3.63) is 51.9 Å². The van der Waals surface area contributed by atoms with Gasteiger partial charge in [0.1, 0.15) is 5.82 Å². The number of aromatic amines is 1. The number of nitrogens with zero attached hydrogens (tertiary/aromatic N) is 1. The first-order valence-electron chi connectivity index (χ1n) is 5.10. The molecule has 4 heteroatoms. The van der Waals surface area contributed by atoms with Crippen LogP contribution >= 0.6 is 0 Å². The molecule has 1 aliphatic heterocycles. The Labute approximate surface area is 91.9 Å². The van der Waals surface area contributed by atoms with Gasteiger partial charge in [0.15, 0.2) is 0 Å². The molecule has 3 rings (SSSR count). The molecule has 80 valence electrons. The van der Waals surface area contributed by atoms with Gasteiger partial charge in [-0.25, -0.2) is 4.98 Å². The van der Waals surface area contributed by atoms with Crippen LogP contribution < -0.4 is 5.56 Å². The Kier molecular flexibility index (Phi) is 2.08. The third kappa shape index (κ3) is 1.44. The van der Waals surface area contributed by atoms with Gasteiger partial charge >= 0.3 is 0 Å². The van der Waals surface area contributed by atoms with E-state index >= 15 is 0 Å². The van der Waals surface area contributed by atoms with Crippen molar-refractivity contribution in [3.63, 3.8) is 0 Å². The van der Waals surface area contributed by atoms with Crippen LogP contribution in [0.3, 0.4) is 0 Å². The van der Waals surface area contributed by atoms with E-state index in [1.807, 2.05) is 30.3 Å². The minimum absolute atomic E-state index is 0.0960. The van der Waals surface area contributed by atoms with Crippen molar-refractivity contribution in [2.24, 2.45) is 0 Å². The Balaban J connectivity index is 2.17. The van der Waals surface area contributed by atoms with Gasteiger partial charge in [-0.1, -0.05) is 30.3 Å². The number of hydrogen-bond acceptors (Lipinski definition) is 3. The summed E-state index contributed by atoms with van der Waals surface area (Å²) in [5.41, 5.74) is 2.22. The smallest absolute Gasteiger partial charge is 0.257 e.